The van der Waals surface area contributed by atoms with Crippen molar-refractivity contribution in [2.75, 3.05) is 11.1 Å². The Balaban J connectivity index is 1.85. The molecule has 1 aliphatic rings. The van der Waals surface area contributed by atoms with Gasteiger partial charge in [-0.05, 0) is 60.4 Å². The van der Waals surface area contributed by atoms with Gasteiger partial charge in [0.25, 0.3) is 5.91 Å². The number of ether oxygens (including phenoxy) is 1. The molecule has 3 rings (SSSR count). The Hall–Kier alpha value is -2.33. The van der Waals surface area contributed by atoms with Crippen LogP contribution in [-0.4, -0.2) is 5.91 Å². The topological polar surface area (TPSA) is 64.3 Å². The van der Waals surface area contributed by atoms with E-state index in [2.05, 4.69) is 5.32 Å². The smallest absolute Gasteiger partial charge is 0.255 e. The molecule has 0 spiro atoms. The van der Waals surface area contributed by atoms with Crippen molar-refractivity contribution in [1.29, 1.82) is 0 Å². The van der Waals surface area contributed by atoms with Gasteiger partial charge in [0.05, 0.1) is 13.2 Å². The largest absolute Gasteiger partial charge is 0.399 e. The third kappa shape index (κ3) is 2.62. The molecule has 2 aromatic carbocycles. The van der Waals surface area contributed by atoms with Gasteiger partial charge in [0.1, 0.15) is 0 Å². The number of hydrogen-bond donors (Lipinski definition) is 2. The van der Waals surface area contributed by atoms with Crippen LogP contribution in [0.3, 0.4) is 0 Å². The maximum atomic E-state index is 12.4. The van der Waals surface area contributed by atoms with Crippen molar-refractivity contribution in [3.8, 4) is 0 Å². The molecule has 0 saturated heterocycles. The molecule has 1 heterocycles. The summed E-state index contributed by atoms with van der Waals surface area (Å²) < 4.78 is 5.37. The molecule has 4 heteroatoms. The first kappa shape index (κ1) is 13.6. The van der Waals surface area contributed by atoms with Gasteiger partial charge < -0.3 is 15.8 Å². The van der Waals surface area contributed by atoms with Crippen LogP contribution in [0.25, 0.3) is 0 Å². The Labute approximate surface area is 123 Å². The quantitative estimate of drug-likeness (QED) is 0.832. The molecule has 2 aromatic rings. The first-order valence-corrected chi connectivity index (χ1v) is 6.92. The molecule has 0 unspecified atom stereocenters. The third-order valence-corrected chi connectivity index (χ3v) is 3.84. The van der Waals surface area contributed by atoms with Crippen molar-refractivity contribution >= 4 is 17.3 Å². The second-order valence-electron chi connectivity index (χ2n) is 5.45. The first-order chi connectivity index (χ1) is 10.0. The van der Waals surface area contributed by atoms with Gasteiger partial charge in [-0.3, -0.25) is 4.79 Å². The van der Waals surface area contributed by atoms with E-state index in [1.807, 2.05) is 44.2 Å². The van der Waals surface area contributed by atoms with E-state index in [9.17, 15) is 4.79 Å². The van der Waals surface area contributed by atoms with Crippen molar-refractivity contribution in [2.45, 2.75) is 27.1 Å². The highest BCUT2D eigenvalue weighted by Gasteiger charge is 2.15. The van der Waals surface area contributed by atoms with Crippen LogP contribution >= 0.6 is 0 Å². The van der Waals surface area contributed by atoms with E-state index >= 15 is 0 Å². The summed E-state index contributed by atoms with van der Waals surface area (Å²) in [6, 6.07) is 9.47. The van der Waals surface area contributed by atoms with Crippen LogP contribution in [0, 0.1) is 13.8 Å². The Bertz CT molecular complexity index is 723. The molecule has 1 amide bonds. The van der Waals surface area contributed by atoms with Crippen LogP contribution in [0.5, 0.6) is 0 Å². The number of anilines is 2. The second kappa shape index (κ2) is 5.22. The number of nitrogen functional groups attached to an aromatic ring is 1. The van der Waals surface area contributed by atoms with Crippen molar-refractivity contribution in [2.24, 2.45) is 0 Å². The number of amides is 1. The predicted octanol–water partition coefficient (Wildman–Crippen LogP) is 3.17. The van der Waals surface area contributed by atoms with Crippen LogP contribution in [-0.2, 0) is 18.0 Å². The highest BCUT2D eigenvalue weighted by molar-refractivity contribution is 6.05. The van der Waals surface area contributed by atoms with Gasteiger partial charge in [-0.25, -0.2) is 0 Å². The zero-order valence-corrected chi connectivity index (χ0v) is 12.2. The van der Waals surface area contributed by atoms with Crippen LogP contribution in [0.4, 0.5) is 11.4 Å². The summed E-state index contributed by atoms with van der Waals surface area (Å²) >= 11 is 0. The third-order valence-electron chi connectivity index (χ3n) is 3.84. The van der Waals surface area contributed by atoms with Gasteiger partial charge in [0.2, 0.25) is 0 Å². The Kier molecular flexibility index (Phi) is 3.39. The molecule has 108 valence electrons. The minimum absolute atomic E-state index is 0.114. The Morgan fingerprint density at radius 3 is 2.67 bits per heavy atom. The first-order valence-electron chi connectivity index (χ1n) is 6.92. The molecule has 21 heavy (non-hydrogen) atoms. The minimum atomic E-state index is -0.114. The standard InChI is InChI=1S/C17H18N2O2/c1-10-6-16(11(2)5-15(10)18)19-17(20)12-3-4-13-8-21-9-14(13)7-12/h3-7H,8-9,18H2,1-2H3,(H,19,20). The Morgan fingerprint density at radius 1 is 1.10 bits per heavy atom. The van der Waals surface area contributed by atoms with Crippen molar-refractivity contribution in [3.63, 3.8) is 0 Å². The van der Waals surface area contributed by atoms with Gasteiger partial charge >= 0.3 is 0 Å². The average Bonchev–Trinajstić information content (AvgIpc) is 2.92. The minimum Gasteiger partial charge on any atom is -0.399 e. The monoisotopic (exact) mass is 282 g/mol. The van der Waals surface area contributed by atoms with E-state index in [-0.39, 0.29) is 5.91 Å². The maximum absolute atomic E-state index is 12.4. The van der Waals surface area contributed by atoms with E-state index in [1.54, 1.807) is 0 Å². The summed E-state index contributed by atoms with van der Waals surface area (Å²) in [5, 5.41) is 2.95. The fourth-order valence-electron chi connectivity index (χ4n) is 2.48. The summed E-state index contributed by atoms with van der Waals surface area (Å²) in [4.78, 5) is 12.4. The highest BCUT2D eigenvalue weighted by atomic mass is 16.5. The van der Waals surface area contributed by atoms with E-state index in [1.165, 1.54) is 0 Å². The van der Waals surface area contributed by atoms with Gasteiger partial charge in [0, 0.05) is 16.9 Å². The molecular weight excluding hydrogens is 264 g/mol. The summed E-state index contributed by atoms with van der Waals surface area (Å²) in [6.45, 7) is 5.07. The van der Waals surface area contributed by atoms with Gasteiger partial charge in [-0.1, -0.05) is 6.07 Å². The van der Waals surface area contributed by atoms with Crippen molar-refractivity contribution in [1.82, 2.24) is 0 Å². The van der Waals surface area contributed by atoms with E-state index < -0.39 is 0 Å². The van der Waals surface area contributed by atoms with Gasteiger partial charge in [-0.15, -0.1) is 0 Å². The molecule has 0 radical (unpaired) electrons. The van der Waals surface area contributed by atoms with Crippen molar-refractivity contribution < 1.29 is 9.53 Å². The lowest BCUT2D eigenvalue weighted by atomic mass is 10.0. The molecule has 0 fully saturated rings. The SMILES string of the molecule is Cc1cc(NC(=O)c2ccc3c(c2)COC3)c(C)cc1N. The van der Waals surface area contributed by atoms with Crippen LogP contribution in [0.15, 0.2) is 30.3 Å². The summed E-state index contributed by atoms with van der Waals surface area (Å²) in [5.74, 6) is -0.114. The zero-order valence-electron chi connectivity index (χ0n) is 12.2. The van der Waals surface area contributed by atoms with Crippen molar-refractivity contribution in [3.05, 3.63) is 58.1 Å². The number of fused-ring (bicyclic) bond motifs is 1. The number of hydrogen-bond acceptors (Lipinski definition) is 3. The summed E-state index contributed by atoms with van der Waals surface area (Å²) in [5.41, 5.74) is 12.2. The van der Waals surface area contributed by atoms with Crippen LogP contribution < -0.4 is 11.1 Å². The van der Waals surface area contributed by atoms with Crippen LogP contribution in [0.1, 0.15) is 32.6 Å². The average molecular weight is 282 g/mol. The number of nitrogens with one attached hydrogen (secondary N) is 1. The number of nitrogens with two attached hydrogens (primary N) is 1. The second-order valence-corrected chi connectivity index (χ2v) is 5.45. The fraction of sp³-hybridized carbons (Fsp3) is 0.235. The number of rotatable bonds is 2. The van der Waals surface area contributed by atoms with E-state index in [0.717, 1.165) is 33.6 Å². The van der Waals surface area contributed by atoms with Crippen LogP contribution in [0.2, 0.25) is 0 Å². The molecule has 0 atom stereocenters. The number of benzene rings is 2. The summed E-state index contributed by atoms with van der Waals surface area (Å²) in [7, 11) is 0. The zero-order chi connectivity index (χ0) is 15.0. The lowest BCUT2D eigenvalue weighted by Gasteiger charge is -2.11. The molecule has 0 aliphatic carbocycles. The van der Waals surface area contributed by atoms with E-state index in [0.29, 0.717) is 18.8 Å². The normalized spacial score (nSPS) is 13.0. The molecular formula is C17H18N2O2. The van der Waals surface area contributed by atoms with E-state index in [4.69, 9.17) is 10.5 Å². The molecule has 0 aromatic heterocycles. The van der Waals surface area contributed by atoms with Gasteiger partial charge in [-0.2, -0.15) is 0 Å². The molecule has 0 saturated carbocycles. The predicted molar refractivity (Wildman–Crippen MR) is 83.2 cm³/mol. The molecule has 1 aliphatic heterocycles. The molecule has 0 bridgehead atoms. The maximum Gasteiger partial charge on any atom is 0.255 e. The lowest BCUT2D eigenvalue weighted by Crippen LogP contribution is -2.13. The number of aryl methyl sites for hydroxylation is 2. The number of carbonyl (C=O) groups is 1. The lowest BCUT2D eigenvalue weighted by molar-refractivity contribution is 0.102. The highest BCUT2D eigenvalue weighted by Crippen LogP contribution is 2.24. The number of carbonyl (C=O) groups excluding carboxylic acids is 1. The molecule has 4 nitrogen and oxygen atoms in total. The molecule has 3 N–H and O–H groups in total. The Morgan fingerprint density at radius 2 is 1.86 bits per heavy atom. The van der Waals surface area contributed by atoms with Gasteiger partial charge in [0.15, 0.2) is 0 Å². The summed E-state index contributed by atoms with van der Waals surface area (Å²) in [6.07, 6.45) is 0. The fourth-order valence-corrected chi connectivity index (χ4v) is 2.48.